The second-order valence-corrected chi connectivity index (χ2v) is 5.52. The summed E-state index contributed by atoms with van der Waals surface area (Å²) in [4.78, 5) is 2.63. The van der Waals surface area contributed by atoms with Gasteiger partial charge in [0.2, 0.25) is 0 Å². The smallest absolute Gasteiger partial charge is 0.122 e. The first-order chi connectivity index (χ1) is 8.33. The van der Waals surface area contributed by atoms with Gasteiger partial charge >= 0.3 is 0 Å². The molecular weight excluding hydrogens is 210 g/mol. The minimum absolute atomic E-state index is 0.590. The summed E-state index contributed by atoms with van der Waals surface area (Å²) in [7, 11) is 0. The van der Waals surface area contributed by atoms with Crippen LogP contribution in [0.15, 0.2) is 24.3 Å². The zero-order chi connectivity index (χ0) is 11.7. The lowest BCUT2D eigenvalue weighted by molar-refractivity contribution is 0.0816. The monoisotopic (exact) mass is 231 g/mol. The van der Waals surface area contributed by atoms with Gasteiger partial charge in [0.05, 0.1) is 0 Å². The van der Waals surface area contributed by atoms with Crippen LogP contribution in [0.25, 0.3) is 0 Å². The Labute approximate surface area is 104 Å². The molecule has 0 bridgehead atoms. The molecule has 0 aromatic heterocycles. The molecule has 2 aliphatic rings. The molecule has 0 saturated carbocycles. The molecule has 0 N–H and O–H groups in total. The topological polar surface area (TPSA) is 12.5 Å². The quantitative estimate of drug-likeness (QED) is 0.737. The summed E-state index contributed by atoms with van der Waals surface area (Å²) in [6.45, 7) is 5.73. The number of benzene rings is 1. The predicted octanol–water partition coefficient (Wildman–Crippen LogP) is 2.72. The zero-order valence-corrected chi connectivity index (χ0v) is 10.6. The molecular formula is C15H21NO. The van der Waals surface area contributed by atoms with Gasteiger partial charge in [-0.05, 0) is 43.4 Å². The average Bonchev–Trinajstić information content (AvgIpc) is 2.38. The van der Waals surface area contributed by atoms with E-state index in [1.807, 2.05) is 0 Å². The summed E-state index contributed by atoms with van der Waals surface area (Å²) >= 11 is 0. The molecule has 0 unspecified atom stereocenters. The highest BCUT2D eigenvalue weighted by atomic mass is 16.5. The number of rotatable bonds is 1. The van der Waals surface area contributed by atoms with E-state index in [9.17, 15) is 0 Å². The summed E-state index contributed by atoms with van der Waals surface area (Å²) in [5.74, 6) is 1.94. The second kappa shape index (κ2) is 4.69. The largest absolute Gasteiger partial charge is 0.492 e. The Balaban J connectivity index is 1.71. The van der Waals surface area contributed by atoms with E-state index in [0.717, 1.165) is 24.7 Å². The first kappa shape index (κ1) is 11.1. The number of hydrogen-bond donors (Lipinski definition) is 0. The molecule has 3 rings (SSSR count). The molecule has 0 spiro atoms. The maximum absolute atomic E-state index is 5.88. The Morgan fingerprint density at radius 1 is 1.29 bits per heavy atom. The number of ether oxygens (including phenoxy) is 1. The molecule has 0 amide bonds. The van der Waals surface area contributed by atoms with Gasteiger partial charge in [0.25, 0.3) is 0 Å². The third-order valence-corrected chi connectivity index (χ3v) is 4.06. The minimum Gasteiger partial charge on any atom is -0.492 e. The van der Waals surface area contributed by atoms with Crippen LogP contribution in [-0.4, -0.2) is 30.6 Å². The molecule has 17 heavy (non-hydrogen) atoms. The lowest BCUT2D eigenvalue weighted by Crippen LogP contribution is -2.47. The Morgan fingerprint density at radius 2 is 2.18 bits per heavy atom. The Kier molecular flexibility index (Phi) is 3.06. The second-order valence-electron chi connectivity index (χ2n) is 5.52. The van der Waals surface area contributed by atoms with Crippen LogP contribution in [0.2, 0.25) is 0 Å². The molecule has 1 aromatic carbocycles. The standard InChI is InChI=1S/C15H21NO/c1-12-5-4-8-16(10-12)14-9-13-6-2-3-7-15(13)17-11-14/h2-3,6-7,12,14H,4-5,8-11H2,1H3/t12-,14+/m0/s1. The van der Waals surface area contributed by atoms with Crippen LogP contribution in [-0.2, 0) is 6.42 Å². The fourth-order valence-corrected chi connectivity index (χ4v) is 3.10. The summed E-state index contributed by atoms with van der Waals surface area (Å²) in [5.41, 5.74) is 1.38. The number of piperidine rings is 1. The summed E-state index contributed by atoms with van der Waals surface area (Å²) in [6, 6.07) is 9.05. The van der Waals surface area contributed by atoms with Crippen LogP contribution >= 0.6 is 0 Å². The molecule has 0 aliphatic carbocycles. The van der Waals surface area contributed by atoms with Crippen molar-refractivity contribution in [3.05, 3.63) is 29.8 Å². The van der Waals surface area contributed by atoms with E-state index in [-0.39, 0.29) is 0 Å². The number of fused-ring (bicyclic) bond motifs is 1. The van der Waals surface area contributed by atoms with Crippen LogP contribution in [0.5, 0.6) is 5.75 Å². The van der Waals surface area contributed by atoms with E-state index in [4.69, 9.17) is 4.74 Å². The normalized spacial score (nSPS) is 29.5. The van der Waals surface area contributed by atoms with Gasteiger partial charge in [0, 0.05) is 12.6 Å². The van der Waals surface area contributed by atoms with E-state index >= 15 is 0 Å². The van der Waals surface area contributed by atoms with Crippen LogP contribution in [0.1, 0.15) is 25.3 Å². The van der Waals surface area contributed by atoms with Gasteiger partial charge < -0.3 is 4.74 Å². The van der Waals surface area contributed by atoms with Crippen molar-refractivity contribution in [1.82, 2.24) is 4.90 Å². The molecule has 0 radical (unpaired) electrons. The Morgan fingerprint density at radius 3 is 3.06 bits per heavy atom. The SMILES string of the molecule is C[C@H]1CCCN([C@H]2COc3ccccc3C2)C1. The number of nitrogens with zero attached hydrogens (tertiary/aromatic N) is 1. The van der Waals surface area contributed by atoms with Crippen molar-refractivity contribution in [3.8, 4) is 5.75 Å². The summed E-state index contributed by atoms with van der Waals surface area (Å²) in [5, 5.41) is 0. The van der Waals surface area contributed by atoms with Crippen molar-refractivity contribution in [1.29, 1.82) is 0 Å². The fourth-order valence-electron chi connectivity index (χ4n) is 3.10. The molecule has 1 saturated heterocycles. The fraction of sp³-hybridized carbons (Fsp3) is 0.600. The average molecular weight is 231 g/mol. The lowest BCUT2D eigenvalue weighted by atomic mass is 9.95. The van der Waals surface area contributed by atoms with Gasteiger partial charge in [-0.1, -0.05) is 25.1 Å². The van der Waals surface area contributed by atoms with Gasteiger partial charge in [0.1, 0.15) is 12.4 Å². The number of para-hydroxylation sites is 1. The van der Waals surface area contributed by atoms with Crippen molar-refractivity contribution < 1.29 is 4.74 Å². The zero-order valence-electron chi connectivity index (χ0n) is 10.6. The van der Waals surface area contributed by atoms with Gasteiger partial charge in [-0.25, -0.2) is 0 Å². The van der Waals surface area contributed by atoms with Crippen LogP contribution < -0.4 is 4.74 Å². The van der Waals surface area contributed by atoms with E-state index in [1.54, 1.807) is 0 Å². The number of likely N-dealkylation sites (tertiary alicyclic amines) is 1. The maximum atomic E-state index is 5.88. The van der Waals surface area contributed by atoms with Gasteiger partial charge in [-0.3, -0.25) is 4.90 Å². The van der Waals surface area contributed by atoms with Crippen LogP contribution in [0.3, 0.4) is 0 Å². The molecule has 2 aliphatic heterocycles. The molecule has 2 heteroatoms. The third kappa shape index (κ3) is 2.32. The van der Waals surface area contributed by atoms with Gasteiger partial charge in [-0.2, -0.15) is 0 Å². The highest BCUT2D eigenvalue weighted by Gasteiger charge is 2.27. The van der Waals surface area contributed by atoms with Crippen LogP contribution in [0.4, 0.5) is 0 Å². The van der Waals surface area contributed by atoms with E-state index < -0.39 is 0 Å². The van der Waals surface area contributed by atoms with Crippen molar-refractivity contribution in [3.63, 3.8) is 0 Å². The highest BCUT2D eigenvalue weighted by molar-refractivity contribution is 5.35. The van der Waals surface area contributed by atoms with Crippen molar-refractivity contribution >= 4 is 0 Å². The number of hydrogen-bond acceptors (Lipinski definition) is 2. The van der Waals surface area contributed by atoms with E-state index in [1.165, 1.54) is 31.5 Å². The van der Waals surface area contributed by atoms with E-state index in [0.29, 0.717) is 6.04 Å². The van der Waals surface area contributed by atoms with Crippen LogP contribution in [0, 0.1) is 5.92 Å². The third-order valence-electron chi connectivity index (χ3n) is 4.06. The van der Waals surface area contributed by atoms with Crippen molar-refractivity contribution in [2.75, 3.05) is 19.7 Å². The molecule has 2 nitrogen and oxygen atoms in total. The van der Waals surface area contributed by atoms with Gasteiger partial charge in [0.15, 0.2) is 0 Å². The van der Waals surface area contributed by atoms with Crippen molar-refractivity contribution in [2.45, 2.75) is 32.2 Å². The predicted molar refractivity (Wildman–Crippen MR) is 69.4 cm³/mol. The molecule has 2 atom stereocenters. The first-order valence-corrected chi connectivity index (χ1v) is 6.77. The van der Waals surface area contributed by atoms with Gasteiger partial charge in [-0.15, -0.1) is 0 Å². The van der Waals surface area contributed by atoms with E-state index in [2.05, 4.69) is 36.1 Å². The summed E-state index contributed by atoms with van der Waals surface area (Å²) < 4.78 is 5.88. The lowest BCUT2D eigenvalue weighted by Gasteiger charge is -2.39. The maximum Gasteiger partial charge on any atom is 0.122 e. The molecule has 1 aromatic rings. The highest BCUT2D eigenvalue weighted by Crippen LogP contribution is 2.28. The molecule has 1 fully saturated rings. The Hall–Kier alpha value is -1.02. The summed E-state index contributed by atoms with van der Waals surface area (Å²) in [6.07, 6.45) is 3.89. The first-order valence-electron chi connectivity index (χ1n) is 6.77. The molecule has 92 valence electrons. The molecule has 2 heterocycles. The Bertz CT molecular complexity index is 390. The van der Waals surface area contributed by atoms with Crippen molar-refractivity contribution in [2.24, 2.45) is 5.92 Å². The minimum atomic E-state index is 0.590.